The highest BCUT2D eigenvalue weighted by molar-refractivity contribution is 7.98. The first-order valence-electron chi connectivity index (χ1n) is 10.2. The topological polar surface area (TPSA) is 104 Å². The van der Waals surface area contributed by atoms with Crippen LogP contribution >= 0.6 is 23.4 Å². The summed E-state index contributed by atoms with van der Waals surface area (Å²) >= 11 is 7.28. The minimum atomic E-state index is -0.294. The summed E-state index contributed by atoms with van der Waals surface area (Å²) < 4.78 is 8.16. The Morgan fingerprint density at radius 3 is 2.62 bits per heavy atom. The number of benzene rings is 1. The predicted octanol–water partition coefficient (Wildman–Crippen LogP) is 3.20. The van der Waals surface area contributed by atoms with Gasteiger partial charge in [0.15, 0.2) is 16.3 Å². The monoisotopic (exact) mass is 492 g/mol. The molecule has 5 aromatic rings. The van der Waals surface area contributed by atoms with Crippen LogP contribution in [0.1, 0.15) is 11.3 Å². The van der Waals surface area contributed by atoms with Crippen LogP contribution in [0.5, 0.6) is 5.75 Å². The Morgan fingerprint density at radius 2 is 1.82 bits per heavy atom. The van der Waals surface area contributed by atoms with Crippen LogP contribution in [0.3, 0.4) is 0 Å². The molecule has 0 aliphatic heterocycles. The minimum Gasteiger partial charge on any atom is -0.497 e. The molecule has 0 saturated carbocycles. The molecule has 0 saturated heterocycles. The van der Waals surface area contributed by atoms with Gasteiger partial charge in [0, 0.05) is 30.4 Å². The number of halogens is 1. The lowest BCUT2D eigenvalue weighted by molar-refractivity contribution is 0.414. The zero-order valence-corrected chi connectivity index (χ0v) is 19.5. The highest BCUT2D eigenvalue weighted by Gasteiger charge is 2.15. The zero-order chi connectivity index (χ0) is 23.7. The second-order valence-electron chi connectivity index (χ2n) is 7.31. The van der Waals surface area contributed by atoms with Crippen molar-refractivity contribution in [3.05, 3.63) is 98.0 Å². The van der Waals surface area contributed by atoms with Crippen molar-refractivity contribution in [1.82, 2.24) is 28.9 Å². The van der Waals surface area contributed by atoms with Gasteiger partial charge in [0.05, 0.1) is 24.4 Å². The van der Waals surface area contributed by atoms with Crippen molar-refractivity contribution in [3.63, 3.8) is 0 Å². The Hall–Kier alpha value is -3.76. The number of fused-ring (bicyclic) bond motifs is 2. The van der Waals surface area contributed by atoms with Gasteiger partial charge >= 0.3 is 0 Å². The van der Waals surface area contributed by atoms with Gasteiger partial charge in [0.1, 0.15) is 11.4 Å². The van der Waals surface area contributed by atoms with Crippen molar-refractivity contribution in [3.8, 4) is 5.75 Å². The summed E-state index contributed by atoms with van der Waals surface area (Å²) in [4.78, 5) is 43.2. The fourth-order valence-corrected chi connectivity index (χ4v) is 4.47. The van der Waals surface area contributed by atoms with Gasteiger partial charge in [-0.25, -0.2) is 19.9 Å². The molecule has 0 bridgehead atoms. The molecule has 0 unspecified atom stereocenters. The Bertz CT molecular complexity index is 1640. The van der Waals surface area contributed by atoms with Crippen LogP contribution in [0.25, 0.3) is 16.8 Å². The maximum Gasteiger partial charge on any atom is 0.282 e. The average molecular weight is 493 g/mol. The van der Waals surface area contributed by atoms with Crippen LogP contribution < -0.4 is 15.9 Å². The summed E-state index contributed by atoms with van der Waals surface area (Å²) in [5.74, 6) is 1.05. The molecule has 1 aromatic carbocycles. The number of thioether (sulfide) groups is 1. The molecule has 4 heterocycles. The van der Waals surface area contributed by atoms with Crippen LogP contribution in [0, 0.1) is 0 Å². The SMILES string of the molecule is COc1ccc(Cn2c(SCc3cc(=O)n4cc(Cl)ccc4n3)nc3nccnc3c2=O)cc1. The highest BCUT2D eigenvalue weighted by atomic mass is 35.5. The van der Waals surface area contributed by atoms with E-state index in [0.717, 1.165) is 11.3 Å². The van der Waals surface area contributed by atoms with Gasteiger partial charge in [-0.2, -0.15) is 0 Å². The molecule has 0 fully saturated rings. The summed E-state index contributed by atoms with van der Waals surface area (Å²) in [6.07, 6.45) is 4.49. The number of aromatic nitrogens is 6. The maximum absolute atomic E-state index is 13.2. The van der Waals surface area contributed by atoms with Crippen LogP contribution in [0.15, 0.2) is 75.8 Å². The minimum absolute atomic E-state index is 0.194. The van der Waals surface area contributed by atoms with Gasteiger partial charge < -0.3 is 4.74 Å². The summed E-state index contributed by atoms with van der Waals surface area (Å²) in [5.41, 5.74) is 1.87. The third-order valence-electron chi connectivity index (χ3n) is 5.08. The predicted molar refractivity (Wildman–Crippen MR) is 130 cm³/mol. The normalized spacial score (nSPS) is 11.2. The van der Waals surface area contributed by atoms with E-state index in [9.17, 15) is 9.59 Å². The van der Waals surface area contributed by atoms with Gasteiger partial charge in [-0.3, -0.25) is 18.6 Å². The first-order chi connectivity index (χ1) is 16.5. The molecule has 34 heavy (non-hydrogen) atoms. The second kappa shape index (κ2) is 9.24. The Labute approximate surface area is 202 Å². The molecular weight excluding hydrogens is 476 g/mol. The van der Waals surface area contributed by atoms with Gasteiger partial charge in [-0.05, 0) is 29.8 Å². The fraction of sp³-hybridized carbons (Fsp3) is 0.130. The van der Waals surface area contributed by atoms with E-state index in [1.807, 2.05) is 24.3 Å². The van der Waals surface area contributed by atoms with Crippen molar-refractivity contribution >= 4 is 40.2 Å². The Balaban J connectivity index is 1.52. The number of nitrogens with zero attached hydrogens (tertiary/aromatic N) is 6. The quantitative estimate of drug-likeness (QED) is 0.263. The van der Waals surface area contributed by atoms with Crippen molar-refractivity contribution in [2.45, 2.75) is 17.5 Å². The summed E-state index contributed by atoms with van der Waals surface area (Å²) in [6, 6.07) is 12.2. The zero-order valence-electron chi connectivity index (χ0n) is 17.9. The van der Waals surface area contributed by atoms with E-state index in [1.54, 1.807) is 23.8 Å². The van der Waals surface area contributed by atoms with Crippen LogP contribution in [0.2, 0.25) is 5.02 Å². The average Bonchev–Trinajstić information content (AvgIpc) is 2.85. The molecule has 0 amide bonds. The van der Waals surface area contributed by atoms with Crippen molar-refractivity contribution < 1.29 is 4.74 Å². The van der Waals surface area contributed by atoms with Gasteiger partial charge in [-0.15, -0.1) is 0 Å². The first-order valence-corrected chi connectivity index (χ1v) is 11.5. The number of rotatable bonds is 6. The van der Waals surface area contributed by atoms with Crippen molar-refractivity contribution in [1.29, 1.82) is 0 Å². The van der Waals surface area contributed by atoms with Crippen molar-refractivity contribution in [2.75, 3.05) is 7.11 Å². The van der Waals surface area contributed by atoms with E-state index in [2.05, 4.69) is 19.9 Å². The van der Waals surface area contributed by atoms with Crippen LogP contribution in [-0.4, -0.2) is 36.0 Å². The van der Waals surface area contributed by atoms with Gasteiger partial charge in [-0.1, -0.05) is 35.5 Å². The molecule has 0 aliphatic rings. The smallest absolute Gasteiger partial charge is 0.282 e. The highest BCUT2D eigenvalue weighted by Crippen LogP contribution is 2.22. The second-order valence-corrected chi connectivity index (χ2v) is 8.69. The fourth-order valence-electron chi connectivity index (χ4n) is 3.43. The van der Waals surface area contributed by atoms with E-state index in [1.165, 1.54) is 40.8 Å². The summed E-state index contributed by atoms with van der Waals surface area (Å²) in [6.45, 7) is 0.289. The Kier molecular flexibility index (Phi) is 5.99. The van der Waals surface area contributed by atoms with Crippen LogP contribution in [0.4, 0.5) is 0 Å². The van der Waals surface area contributed by atoms with E-state index >= 15 is 0 Å². The third kappa shape index (κ3) is 4.37. The van der Waals surface area contributed by atoms with Gasteiger partial charge in [0.25, 0.3) is 11.1 Å². The number of methoxy groups -OCH3 is 1. The number of pyridine rings is 1. The molecule has 0 atom stereocenters. The maximum atomic E-state index is 13.2. The molecule has 9 nitrogen and oxygen atoms in total. The number of ether oxygens (including phenoxy) is 1. The summed E-state index contributed by atoms with van der Waals surface area (Å²) in [5, 5.41) is 0.898. The first kappa shape index (κ1) is 22.1. The molecular formula is C23H17ClN6O3S. The van der Waals surface area contributed by atoms with Crippen LogP contribution in [-0.2, 0) is 12.3 Å². The molecule has 0 aliphatic carbocycles. The van der Waals surface area contributed by atoms with Crippen molar-refractivity contribution in [2.24, 2.45) is 0 Å². The molecule has 11 heteroatoms. The largest absolute Gasteiger partial charge is 0.497 e. The Morgan fingerprint density at radius 1 is 1.03 bits per heavy atom. The molecule has 0 radical (unpaired) electrons. The molecule has 0 spiro atoms. The molecule has 4 aromatic heterocycles. The standard InChI is InChI=1S/C23H17ClN6O3S/c1-33-17-5-2-14(3-6-17)11-30-22(32)20-21(26-9-8-25-20)28-23(30)34-13-16-10-19(31)29-12-15(24)4-7-18(29)27-16/h2-10,12H,11,13H2,1H3. The lowest BCUT2D eigenvalue weighted by atomic mass is 10.2. The third-order valence-corrected chi connectivity index (χ3v) is 6.32. The molecule has 5 rings (SSSR count). The van der Waals surface area contributed by atoms with E-state index < -0.39 is 0 Å². The van der Waals surface area contributed by atoms with E-state index in [4.69, 9.17) is 16.3 Å². The molecule has 0 N–H and O–H groups in total. The molecule has 170 valence electrons. The number of hydrogen-bond acceptors (Lipinski definition) is 8. The van der Waals surface area contributed by atoms with Gasteiger partial charge in [0.2, 0.25) is 0 Å². The number of hydrogen-bond donors (Lipinski definition) is 0. The van der Waals surface area contributed by atoms with E-state index in [0.29, 0.717) is 27.3 Å². The lowest BCUT2D eigenvalue weighted by Crippen LogP contribution is -2.25. The lowest BCUT2D eigenvalue weighted by Gasteiger charge is -2.13. The van der Waals surface area contributed by atoms with E-state index in [-0.39, 0.29) is 28.8 Å². The summed E-state index contributed by atoms with van der Waals surface area (Å²) in [7, 11) is 1.60.